The summed E-state index contributed by atoms with van der Waals surface area (Å²) < 4.78 is 52.9. The molecule has 0 radical (unpaired) electrons. The van der Waals surface area contributed by atoms with Gasteiger partial charge in [0.15, 0.2) is 0 Å². The number of carbonyl (C=O) groups is 1. The first kappa shape index (κ1) is 25.5. The fourth-order valence-corrected chi connectivity index (χ4v) is 5.01. The Balaban J connectivity index is 1.25. The van der Waals surface area contributed by atoms with Crippen molar-refractivity contribution in [1.29, 1.82) is 0 Å². The SMILES string of the molecule is Cc1oncc1C(=O)N1CCC(n2c(=O)n(Cc3ccc(-c4nnc(C(F)F)o4)cn3)c3cc(F)ccc32)CC1. The van der Waals surface area contributed by atoms with E-state index in [0.717, 1.165) is 0 Å². The topological polar surface area (TPSA) is 125 Å². The Hall–Kier alpha value is -4.75. The van der Waals surface area contributed by atoms with Gasteiger partial charge < -0.3 is 13.8 Å². The van der Waals surface area contributed by atoms with Crippen molar-refractivity contribution in [2.45, 2.75) is 38.8 Å². The summed E-state index contributed by atoms with van der Waals surface area (Å²) in [6.45, 7) is 2.58. The molecule has 1 aromatic carbocycles. The van der Waals surface area contributed by atoms with Crippen molar-refractivity contribution in [3.63, 3.8) is 0 Å². The van der Waals surface area contributed by atoms with Crippen LogP contribution in [0.15, 0.2) is 56.5 Å². The molecule has 0 aliphatic carbocycles. The van der Waals surface area contributed by atoms with E-state index in [0.29, 0.717) is 59.5 Å². The molecule has 5 aromatic rings. The van der Waals surface area contributed by atoms with Crippen LogP contribution in [-0.4, -0.2) is 53.4 Å². The summed E-state index contributed by atoms with van der Waals surface area (Å²) in [5.74, 6) is -1.10. The van der Waals surface area contributed by atoms with E-state index < -0.39 is 18.1 Å². The van der Waals surface area contributed by atoms with Crippen molar-refractivity contribution in [1.82, 2.24) is 34.4 Å². The molecule has 206 valence electrons. The summed E-state index contributed by atoms with van der Waals surface area (Å²) in [5, 5.41) is 10.6. The first-order chi connectivity index (χ1) is 19.3. The van der Waals surface area contributed by atoms with Crippen molar-refractivity contribution in [3.8, 4) is 11.5 Å². The van der Waals surface area contributed by atoms with Crippen molar-refractivity contribution in [2.75, 3.05) is 13.1 Å². The zero-order valence-electron chi connectivity index (χ0n) is 21.1. The Morgan fingerprint density at radius 1 is 1.10 bits per heavy atom. The molecule has 40 heavy (non-hydrogen) atoms. The molecular formula is C26H22F3N7O4. The third kappa shape index (κ3) is 4.54. The molecule has 0 unspecified atom stereocenters. The number of piperidine rings is 1. The first-order valence-electron chi connectivity index (χ1n) is 12.5. The number of aryl methyl sites for hydroxylation is 1. The van der Waals surface area contributed by atoms with E-state index in [2.05, 4.69) is 20.3 Å². The van der Waals surface area contributed by atoms with Crippen molar-refractivity contribution in [3.05, 3.63) is 81.9 Å². The van der Waals surface area contributed by atoms with Gasteiger partial charge in [0.1, 0.15) is 17.1 Å². The molecule has 14 heteroatoms. The Kier molecular flexibility index (Phi) is 6.44. The second-order valence-corrected chi connectivity index (χ2v) is 9.48. The van der Waals surface area contributed by atoms with Crippen molar-refractivity contribution in [2.24, 2.45) is 0 Å². The quantitative estimate of drug-likeness (QED) is 0.307. The third-order valence-corrected chi connectivity index (χ3v) is 7.04. The molecule has 6 rings (SSSR count). The molecule has 11 nitrogen and oxygen atoms in total. The lowest BCUT2D eigenvalue weighted by molar-refractivity contribution is 0.0693. The van der Waals surface area contributed by atoms with Crippen LogP contribution in [0.5, 0.6) is 0 Å². The fourth-order valence-electron chi connectivity index (χ4n) is 5.01. The highest BCUT2D eigenvalue weighted by molar-refractivity contribution is 5.94. The van der Waals surface area contributed by atoms with Gasteiger partial charge in [0, 0.05) is 25.3 Å². The number of benzene rings is 1. The Morgan fingerprint density at radius 2 is 1.90 bits per heavy atom. The van der Waals surface area contributed by atoms with Gasteiger partial charge in [-0.05, 0) is 50.1 Å². The number of rotatable bonds is 6. The first-order valence-corrected chi connectivity index (χ1v) is 12.5. The van der Waals surface area contributed by atoms with Crippen LogP contribution < -0.4 is 5.69 Å². The Morgan fingerprint density at radius 3 is 2.55 bits per heavy atom. The maximum absolute atomic E-state index is 14.3. The van der Waals surface area contributed by atoms with E-state index in [-0.39, 0.29) is 30.1 Å². The second kappa shape index (κ2) is 10.1. The Bertz CT molecular complexity index is 1750. The molecule has 1 fully saturated rings. The van der Waals surface area contributed by atoms with E-state index >= 15 is 0 Å². The summed E-state index contributed by atoms with van der Waals surface area (Å²) >= 11 is 0. The monoisotopic (exact) mass is 553 g/mol. The molecule has 0 N–H and O–H groups in total. The summed E-state index contributed by atoms with van der Waals surface area (Å²) in [4.78, 5) is 32.6. The van der Waals surface area contributed by atoms with Crippen LogP contribution in [0, 0.1) is 12.7 Å². The van der Waals surface area contributed by atoms with E-state index in [4.69, 9.17) is 8.94 Å². The molecule has 0 bridgehead atoms. The summed E-state index contributed by atoms with van der Waals surface area (Å²) in [7, 11) is 0. The van der Waals surface area contributed by atoms with Gasteiger partial charge in [-0.25, -0.2) is 9.18 Å². The number of hydrogen-bond acceptors (Lipinski definition) is 8. The maximum atomic E-state index is 14.3. The molecule has 0 atom stereocenters. The van der Waals surface area contributed by atoms with Gasteiger partial charge >= 0.3 is 12.1 Å². The van der Waals surface area contributed by atoms with Gasteiger partial charge in [-0.2, -0.15) is 8.78 Å². The minimum Gasteiger partial charge on any atom is -0.415 e. The molecular weight excluding hydrogens is 531 g/mol. The van der Waals surface area contributed by atoms with Crippen molar-refractivity contribution >= 4 is 16.9 Å². The van der Waals surface area contributed by atoms with Crippen LogP contribution in [0.25, 0.3) is 22.5 Å². The van der Waals surface area contributed by atoms with Crippen LogP contribution in [0.3, 0.4) is 0 Å². The molecule has 0 spiro atoms. The van der Waals surface area contributed by atoms with E-state index in [1.807, 2.05) is 0 Å². The lowest BCUT2D eigenvalue weighted by Gasteiger charge is -2.32. The average molecular weight is 554 g/mol. The summed E-state index contributed by atoms with van der Waals surface area (Å²) in [6, 6.07) is 7.16. The van der Waals surface area contributed by atoms with Gasteiger partial charge in [0.25, 0.3) is 11.8 Å². The normalized spacial score (nSPS) is 14.5. The number of aromatic nitrogens is 6. The van der Waals surface area contributed by atoms with Gasteiger partial charge in [0.05, 0.1) is 35.0 Å². The van der Waals surface area contributed by atoms with E-state index in [1.54, 1.807) is 34.6 Å². The molecule has 1 amide bonds. The fraction of sp³-hybridized carbons (Fsp3) is 0.308. The van der Waals surface area contributed by atoms with Crippen LogP contribution in [0.4, 0.5) is 13.2 Å². The molecule has 1 aliphatic rings. The molecule has 1 saturated heterocycles. The van der Waals surface area contributed by atoms with Crippen LogP contribution >= 0.6 is 0 Å². The van der Waals surface area contributed by atoms with Crippen LogP contribution in [0.2, 0.25) is 0 Å². The van der Waals surface area contributed by atoms with E-state index in [9.17, 15) is 22.8 Å². The van der Waals surface area contributed by atoms with Crippen LogP contribution in [0.1, 0.15) is 53.0 Å². The number of hydrogen-bond donors (Lipinski definition) is 0. The second-order valence-electron chi connectivity index (χ2n) is 9.48. The predicted molar refractivity (Wildman–Crippen MR) is 133 cm³/mol. The lowest BCUT2D eigenvalue weighted by atomic mass is 10.0. The number of carbonyl (C=O) groups excluding carboxylic acids is 1. The number of nitrogens with zero attached hydrogens (tertiary/aromatic N) is 7. The third-order valence-electron chi connectivity index (χ3n) is 7.04. The van der Waals surface area contributed by atoms with E-state index in [1.165, 1.54) is 29.1 Å². The zero-order valence-corrected chi connectivity index (χ0v) is 21.1. The maximum Gasteiger partial charge on any atom is 0.329 e. The minimum absolute atomic E-state index is 0.0439. The highest BCUT2D eigenvalue weighted by atomic mass is 19.3. The largest absolute Gasteiger partial charge is 0.415 e. The minimum atomic E-state index is -2.89. The zero-order chi connectivity index (χ0) is 28.0. The van der Waals surface area contributed by atoms with Gasteiger partial charge in [-0.15, -0.1) is 10.2 Å². The molecule has 4 aromatic heterocycles. The van der Waals surface area contributed by atoms with Crippen LogP contribution in [-0.2, 0) is 6.54 Å². The number of likely N-dealkylation sites (tertiary alicyclic amines) is 1. The number of alkyl halides is 2. The number of halogens is 3. The smallest absolute Gasteiger partial charge is 0.329 e. The van der Waals surface area contributed by atoms with Gasteiger partial charge in [-0.3, -0.25) is 18.9 Å². The standard InChI is InChI=1S/C26H22F3N7O4/c1-14-19(12-31-40-14)25(37)34-8-6-18(7-9-34)36-20-5-3-16(27)10-21(20)35(26(36)38)13-17-4-2-15(11-30-17)23-32-33-24(39-23)22(28)29/h2-5,10-12,18,22H,6-9,13H2,1H3. The number of fused-ring (bicyclic) bond motifs is 1. The molecule has 0 saturated carbocycles. The highest BCUT2D eigenvalue weighted by Gasteiger charge is 2.29. The number of amides is 1. The van der Waals surface area contributed by atoms with Gasteiger partial charge in [-0.1, -0.05) is 5.16 Å². The van der Waals surface area contributed by atoms with Crippen molar-refractivity contribution < 1.29 is 26.9 Å². The summed E-state index contributed by atoms with van der Waals surface area (Å²) in [6.07, 6.45) is 0.963. The molecule has 1 aliphatic heterocycles. The molecule has 5 heterocycles. The summed E-state index contributed by atoms with van der Waals surface area (Å²) in [5.41, 5.74) is 1.89. The highest BCUT2D eigenvalue weighted by Crippen LogP contribution is 2.28. The number of pyridine rings is 1. The average Bonchev–Trinajstić information content (AvgIpc) is 3.68. The number of imidazole rings is 1. The van der Waals surface area contributed by atoms with Gasteiger partial charge in [0.2, 0.25) is 5.89 Å². The lowest BCUT2D eigenvalue weighted by Crippen LogP contribution is -2.41. The Labute approximate surface area is 223 Å². The predicted octanol–water partition coefficient (Wildman–Crippen LogP) is 4.15.